The zero-order valence-corrected chi connectivity index (χ0v) is 13.4. The molecule has 1 amide bonds. The zero-order valence-electron chi connectivity index (χ0n) is 11.8. The van der Waals surface area contributed by atoms with Gasteiger partial charge >= 0.3 is 0 Å². The number of halogens is 1. The van der Waals surface area contributed by atoms with Crippen molar-refractivity contribution < 1.29 is 9.90 Å². The number of aryl methyl sites for hydroxylation is 1. The van der Waals surface area contributed by atoms with E-state index in [1.54, 1.807) is 0 Å². The summed E-state index contributed by atoms with van der Waals surface area (Å²) in [5.41, 5.74) is 1.41. The van der Waals surface area contributed by atoms with Crippen molar-refractivity contribution in [1.29, 1.82) is 0 Å². The fourth-order valence-corrected chi connectivity index (χ4v) is 2.34. The Kier molecular flexibility index (Phi) is 6.01. The number of rotatable bonds is 6. The van der Waals surface area contributed by atoms with E-state index in [0.29, 0.717) is 12.1 Å². The first kappa shape index (κ1) is 16.2. The fraction of sp³-hybridized carbons (Fsp3) is 0.533. The fourth-order valence-electron chi connectivity index (χ4n) is 1.98. The summed E-state index contributed by atoms with van der Waals surface area (Å²) < 4.78 is 0.891. The summed E-state index contributed by atoms with van der Waals surface area (Å²) in [7, 11) is 0. The lowest BCUT2D eigenvalue weighted by Gasteiger charge is -2.29. The molecule has 0 heterocycles. The van der Waals surface area contributed by atoms with Gasteiger partial charge in [-0.3, -0.25) is 4.79 Å². The average molecular weight is 328 g/mol. The minimum atomic E-state index is -0.213. The van der Waals surface area contributed by atoms with Gasteiger partial charge in [0.05, 0.1) is 6.61 Å². The van der Waals surface area contributed by atoms with E-state index in [9.17, 15) is 9.90 Å². The van der Waals surface area contributed by atoms with Gasteiger partial charge in [0.2, 0.25) is 0 Å². The van der Waals surface area contributed by atoms with Crippen molar-refractivity contribution in [2.24, 2.45) is 5.41 Å². The third kappa shape index (κ3) is 4.05. The molecule has 1 rings (SSSR count). The molecule has 19 heavy (non-hydrogen) atoms. The number of aliphatic hydroxyl groups is 1. The van der Waals surface area contributed by atoms with Crippen LogP contribution in [0.25, 0.3) is 0 Å². The number of carbonyl (C=O) groups excluding carboxylic acids is 1. The van der Waals surface area contributed by atoms with Gasteiger partial charge in [-0.1, -0.05) is 35.8 Å². The SMILES string of the molecule is CCC(CC)(CO)CNC(=O)c1cc(Br)ccc1C. The maximum absolute atomic E-state index is 12.2. The van der Waals surface area contributed by atoms with Crippen LogP contribution in [0.1, 0.15) is 42.6 Å². The van der Waals surface area contributed by atoms with Crippen LogP contribution in [0.5, 0.6) is 0 Å². The largest absolute Gasteiger partial charge is 0.396 e. The Bertz CT molecular complexity index is 434. The number of aliphatic hydroxyl groups excluding tert-OH is 1. The van der Waals surface area contributed by atoms with Crippen molar-refractivity contribution in [3.63, 3.8) is 0 Å². The van der Waals surface area contributed by atoms with Crippen LogP contribution in [0.2, 0.25) is 0 Å². The molecule has 0 aliphatic rings. The van der Waals surface area contributed by atoms with Gasteiger partial charge < -0.3 is 10.4 Å². The molecule has 0 radical (unpaired) electrons. The Morgan fingerprint density at radius 3 is 2.53 bits per heavy atom. The molecule has 0 saturated carbocycles. The van der Waals surface area contributed by atoms with E-state index in [-0.39, 0.29) is 17.9 Å². The van der Waals surface area contributed by atoms with Gasteiger partial charge in [0.15, 0.2) is 0 Å². The molecular weight excluding hydrogens is 306 g/mol. The van der Waals surface area contributed by atoms with Crippen LogP contribution in [-0.2, 0) is 0 Å². The molecule has 0 aliphatic heterocycles. The average Bonchev–Trinajstić information content (AvgIpc) is 2.43. The maximum atomic E-state index is 12.2. The Labute approximate surface area is 123 Å². The summed E-state index contributed by atoms with van der Waals surface area (Å²) in [6.45, 7) is 6.59. The Morgan fingerprint density at radius 2 is 2.00 bits per heavy atom. The molecule has 0 spiro atoms. The van der Waals surface area contributed by atoms with E-state index in [1.807, 2.05) is 39.0 Å². The second-order valence-corrected chi connectivity index (χ2v) is 5.92. The van der Waals surface area contributed by atoms with Crippen molar-refractivity contribution >= 4 is 21.8 Å². The van der Waals surface area contributed by atoms with Crippen LogP contribution in [0.3, 0.4) is 0 Å². The van der Waals surface area contributed by atoms with Crippen LogP contribution in [-0.4, -0.2) is 24.2 Å². The molecule has 0 aromatic heterocycles. The van der Waals surface area contributed by atoms with E-state index >= 15 is 0 Å². The standard InChI is InChI=1S/C15H22BrNO2/c1-4-15(5-2,10-18)9-17-14(19)13-8-12(16)7-6-11(13)3/h6-8,18H,4-5,9-10H2,1-3H3,(H,17,19). The lowest BCUT2D eigenvalue weighted by molar-refractivity contribution is 0.0850. The van der Waals surface area contributed by atoms with Gasteiger partial charge in [-0.15, -0.1) is 0 Å². The third-order valence-electron chi connectivity index (χ3n) is 3.90. The van der Waals surface area contributed by atoms with Crippen LogP contribution in [0.4, 0.5) is 0 Å². The van der Waals surface area contributed by atoms with Crippen molar-refractivity contribution in [3.05, 3.63) is 33.8 Å². The summed E-state index contributed by atoms with van der Waals surface area (Å²) in [5.74, 6) is -0.0847. The summed E-state index contributed by atoms with van der Waals surface area (Å²) in [4.78, 5) is 12.2. The van der Waals surface area contributed by atoms with E-state index in [2.05, 4.69) is 21.2 Å². The Hall–Kier alpha value is -0.870. The Morgan fingerprint density at radius 1 is 1.37 bits per heavy atom. The van der Waals surface area contributed by atoms with Crippen molar-refractivity contribution in [1.82, 2.24) is 5.32 Å². The van der Waals surface area contributed by atoms with Crippen molar-refractivity contribution in [3.8, 4) is 0 Å². The van der Waals surface area contributed by atoms with Gasteiger partial charge in [-0.05, 0) is 37.5 Å². The number of amides is 1. The number of benzene rings is 1. The van der Waals surface area contributed by atoms with Gasteiger partial charge in [-0.2, -0.15) is 0 Å². The molecule has 1 aromatic rings. The van der Waals surface area contributed by atoms with Gasteiger partial charge in [-0.25, -0.2) is 0 Å². The molecule has 0 unspecified atom stereocenters. The van der Waals surface area contributed by atoms with E-state index < -0.39 is 0 Å². The minimum Gasteiger partial charge on any atom is -0.396 e. The van der Waals surface area contributed by atoms with Gasteiger partial charge in [0.25, 0.3) is 5.91 Å². The summed E-state index contributed by atoms with van der Waals surface area (Å²) in [5, 5.41) is 12.4. The highest BCUT2D eigenvalue weighted by molar-refractivity contribution is 9.10. The Balaban J connectivity index is 2.77. The lowest BCUT2D eigenvalue weighted by Crippen LogP contribution is -2.39. The van der Waals surface area contributed by atoms with Crippen molar-refractivity contribution in [2.75, 3.05) is 13.2 Å². The second kappa shape index (κ2) is 7.06. The number of hydrogen-bond acceptors (Lipinski definition) is 2. The van der Waals surface area contributed by atoms with Crippen LogP contribution < -0.4 is 5.32 Å². The quantitative estimate of drug-likeness (QED) is 0.842. The maximum Gasteiger partial charge on any atom is 0.251 e. The first-order valence-electron chi connectivity index (χ1n) is 6.63. The number of carbonyl (C=O) groups is 1. The monoisotopic (exact) mass is 327 g/mol. The van der Waals surface area contributed by atoms with Crippen LogP contribution >= 0.6 is 15.9 Å². The first-order valence-corrected chi connectivity index (χ1v) is 7.42. The first-order chi connectivity index (χ1) is 8.98. The normalized spacial score (nSPS) is 11.4. The summed E-state index contributed by atoms with van der Waals surface area (Å²) in [6, 6.07) is 5.66. The topological polar surface area (TPSA) is 49.3 Å². The lowest BCUT2D eigenvalue weighted by atomic mass is 9.83. The van der Waals surface area contributed by atoms with E-state index in [1.165, 1.54) is 0 Å². The number of nitrogens with one attached hydrogen (secondary N) is 1. The minimum absolute atomic E-state index is 0.0847. The van der Waals surface area contributed by atoms with E-state index in [4.69, 9.17) is 0 Å². The van der Waals surface area contributed by atoms with Crippen LogP contribution in [0.15, 0.2) is 22.7 Å². The molecule has 3 nitrogen and oxygen atoms in total. The highest BCUT2D eigenvalue weighted by Crippen LogP contribution is 2.24. The van der Waals surface area contributed by atoms with E-state index in [0.717, 1.165) is 22.9 Å². The predicted molar refractivity (Wildman–Crippen MR) is 81.3 cm³/mol. The van der Waals surface area contributed by atoms with Crippen LogP contribution in [0, 0.1) is 12.3 Å². The van der Waals surface area contributed by atoms with Crippen molar-refractivity contribution in [2.45, 2.75) is 33.6 Å². The second-order valence-electron chi connectivity index (χ2n) is 5.01. The molecule has 1 aromatic carbocycles. The summed E-state index contributed by atoms with van der Waals surface area (Å²) >= 11 is 3.38. The molecule has 0 aliphatic carbocycles. The molecule has 106 valence electrons. The molecule has 0 atom stereocenters. The smallest absolute Gasteiger partial charge is 0.251 e. The highest BCUT2D eigenvalue weighted by atomic mass is 79.9. The molecule has 0 saturated heterocycles. The summed E-state index contributed by atoms with van der Waals surface area (Å²) in [6.07, 6.45) is 1.69. The molecule has 0 fully saturated rings. The highest BCUT2D eigenvalue weighted by Gasteiger charge is 2.26. The predicted octanol–water partition coefficient (Wildman–Crippen LogP) is 3.29. The van der Waals surface area contributed by atoms with Gasteiger partial charge in [0, 0.05) is 22.0 Å². The molecule has 2 N–H and O–H groups in total. The molecule has 0 bridgehead atoms. The van der Waals surface area contributed by atoms with Gasteiger partial charge in [0.1, 0.15) is 0 Å². The third-order valence-corrected chi connectivity index (χ3v) is 4.40. The molecule has 4 heteroatoms. The molecular formula is C15H22BrNO2. The number of hydrogen-bond donors (Lipinski definition) is 2. The zero-order chi connectivity index (χ0) is 14.5.